The molecule has 13 heteroatoms. The van der Waals surface area contributed by atoms with Crippen molar-refractivity contribution >= 4 is 39.4 Å². The smallest absolute Gasteiger partial charge is 0.315 e. The molecule has 2 aliphatic carbocycles. The van der Waals surface area contributed by atoms with Gasteiger partial charge in [-0.25, -0.2) is 13.2 Å². The van der Waals surface area contributed by atoms with E-state index in [2.05, 4.69) is 27.8 Å². The number of amides is 5. The quantitative estimate of drug-likeness (QED) is 0.179. The van der Waals surface area contributed by atoms with E-state index in [1.54, 1.807) is 20.8 Å². The molecular weight excluding hydrogens is 634 g/mol. The van der Waals surface area contributed by atoms with Crippen LogP contribution >= 0.6 is 0 Å². The van der Waals surface area contributed by atoms with Crippen LogP contribution in [0.3, 0.4) is 0 Å². The lowest BCUT2D eigenvalue weighted by Gasteiger charge is -2.48. The monoisotopic (exact) mass is 693 g/mol. The molecule has 272 valence electrons. The van der Waals surface area contributed by atoms with Gasteiger partial charge in [0, 0.05) is 13.1 Å². The van der Waals surface area contributed by atoms with Crippen molar-refractivity contribution in [3.63, 3.8) is 0 Å². The molecule has 2 saturated carbocycles. The van der Waals surface area contributed by atoms with Crippen molar-refractivity contribution in [2.75, 3.05) is 25.4 Å². The molecule has 1 saturated heterocycles. The van der Waals surface area contributed by atoms with E-state index in [-0.39, 0.29) is 42.0 Å². The van der Waals surface area contributed by atoms with Gasteiger partial charge < -0.3 is 26.2 Å². The molecule has 3 aliphatic rings. The summed E-state index contributed by atoms with van der Waals surface area (Å²) in [7, 11) is -3.56. The van der Waals surface area contributed by atoms with E-state index in [4.69, 9.17) is 0 Å². The van der Waals surface area contributed by atoms with E-state index in [9.17, 15) is 32.4 Å². The van der Waals surface area contributed by atoms with Gasteiger partial charge in [-0.3, -0.25) is 19.2 Å². The third kappa shape index (κ3) is 10.0. The zero-order valence-electron chi connectivity index (χ0n) is 29.9. The normalized spacial score (nSPS) is 23.7. The van der Waals surface area contributed by atoms with Crippen molar-refractivity contribution in [2.45, 2.75) is 135 Å². The summed E-state index contributed by atoms with van der Waals surface area (Å²) in [5.41, 5.74) is -1.24. The fourth-order valence-electron chi connectivity index (χ4n) is 7.15. The van der Waals surface area contributed by atoms with Crippen molar-refractivity contribution in [1.82, 2.24) is 26.2 Å². The summed E-state index contributed by atoms with van der Waals surface area (Å²) in [6.07, 6.45) is 9.71. The maximum Gasteiger partial charge on any atom is 0.315 e. The van der Waals surface area contributed by atoms with Crippen LogP contribution in [0.1, 0.15) is 112 Å². The number of ketones is 1. The number of piperidine rings is 1. The van der Waals surface area contributed by atoms with Crippen LogP contribution in [0.25, 0.3) is 0 Å². The number of hydrogen-bond acceptors (Lipinski definition) is 7. The maximum absolute atomic E-state index is 14.6. The van der Waals surface area contributed by atoms with Crippen LogP contribution in [0, 0.1) is 17.3 Å². The highest BCUT2D eigenvalue weighted by atomic mass is 32.2. The lowest BCUT2D eigenvalue weighted by atomic mass is 9.71. The topological polar surface area (TPSA) is 171 Å². The van der Waals surface area contributed by atoms with Crippen molar-refractivity contribution in [3.05, 3.63) is 12.7 Å². The number of carbonyl (C=O) groups is 5. The Hall–Kier alpha value is -2.96. The third-order valence-corrected chi connectivity index (χ3v) is 13.6. The average molecular weight is 694 g/mol. The van der Waals surface area contributed by atoms with Crippen LogP contribution < -0.4 is 21.3 Å². The molecule has 0 radical (unpaired) electrons. The number of nitrogens with one attached hydrogen (secondary N) is 4. The van der Waals surface area contributed by atoms with E-state index >= 15 is 0 Å². The molecule has 0 spiro atoms. The first-order valence-electron chi connectivity index (χ1n) is 17.6. The molecule has 3 atom stereocenters. The second-order valence-corrected chi connectivity index (χ2v) is 18.7. The predicted octanol–water partition coefficient (Wildman–Crippen LogP) is 3.40. The van der Waals surface area contributed by atoms with E-state index in [1.165, 1.54) is 11.0 Å². The number of hydrogen-bond donors (Lipinski definition) is 4. The molecule has 0 aromatic heterocycles. The Morgan fingerprint density at radius 2 is 1.56 bits per heavy atom. The molecule has 0 aromatic rings. The Bertz CT molecular complexity index is 1310. The Labute approximate surface area is 287 Å². The lowest BCUT2D eigenvalue weighted by molar-refractivity contribution is -0.150. The molecule has 3 rings (SSSR count). The van der Waals surface area contributed by atoms with E-state index in [0.717, 1.165) is 51.4 Å². The maximum atomic E-state index is 14.6. The highest BCUT2D eigenvalue weighted by Gasteiger charge is 2.47. The minimum atomic E-state index is -3.56. The van der Waals surface area contributed by atoms with Gasteiger partial charge >= 0.3 is 6.03 Å². The summed E-state index contributed by atoms with van der Waals surface area (Å²) >= 11 is 0. The zero-order valence-corrected chi connectivity index (χ0v) is 30.7. The number of likely N-dealkylation sites (tertiary alicyclic amines) is 1. The Balaban J connectivity index is 1.86. The molecule has 1 aliphatic heterocycles. The Kier molecular flexibility index (Phi) is 13.3. The van der Waals surface area contributed by atoms with Crippen LogP contribution in [0.2, 0.25) is 0 Å². The van der Waals surface area contributed by atoms with Gasteiger partial charge in [-0.2, -0.15) is 0 Å². The first-order chi connectivity index (χ1) is 22.3. The van der Waals surface area contributed by atoms with E-state index < -0.39 is 62.4 Å². The van der Waals surface area contributed by atoms with Crippen LogP contribution in [0.4, 0.5) is 4.79 Å². The summed E-state index contributed by atoms with van der Waals surface area (Å²) in [5, 5.41) is 11.0. The minimum Gasteiger partial charge on any atom is -0.347 e. The first kappa shape index (κ1) is 39.5. The van der Waals surface area contributed by atoms with Gasteiger partial charge in [-0.15, -0.1) is 6.58 Å². The Morgan fingerprint density at radius 1 is 0.958 bits per heavy atom. The summed E-state index contributed by atoms with van der Waals surface area (Å²) in [6.45, 7) is 14.5. The zero-order chi connectivity index (χ0) is 35.9. The SMILES string of the molecule is C=CCNC(=O)C(=O)CNC(=O)C1CC(C)(C)C(C)CN1C(=O)[C@@H](NC(=O)NC1(CS(=O)(=O)C(C)(C)C)CCCCC1)C1CCCCC1. The number of Topliss-reactive ketones (excluding diaryl/α,β-unsaturated/α-hetero) is 1. The largest absolute Gasteiger partial charge is 0.347 e. The van der Waals surface area contributed by atoms with E-state index in [0.29, 0.717) is 19.3 Å². The van der Waals surface area contributed by atoms with Gasteiger partial charge in [0.15, 0.2) is 9.84 Å². The summed E-state index contributed by atoms with van der Waals surface area (Å²) in [4.78, 5) is 68.0. The third-order valence-electron chi connectivity index (χ3n) is 10.8. The molecular formula is C35H59N5O7S. The molecule has 1 heterocycles. The van der Waals surface area contributed by atoms with Gasteiger partial charge in [0.1, 0.15) is 12.1 Å². The molecule has 12 nitrogen and oxygen atoms in total. The highest BCUT2D eigenvalue weighted by Crippen LogP contribution is 2.40. The molecule has 5 amide bonds. The summed E-state index contributed by atoms with van der Waals surface area (Å²) in [5.74, 6) is -2.84. The first-order valence-corrected chi connectivity index (χ1v) is 19.3. The number of carbonyl (C=O) groups excluding carboxylic acids is 5. The molecule has 4 N–H and O–H groups in total. The van der Waals surface area contributed by atoms with Gasteiger partial charge in [0.25, 0.3) is 5.91 Å². The predicted molar refractivity (Wildman–Crippen MR) is 186 cm³/mol. The number of urea groups is 1. The number of sulfone groups is 1. The summed E-state index contributed by atoms with van der Waals surface area (Å²) < 4.78 is 25.7. The Morgan fingerprint density at radius 3 is 2.15 bits per heavy atom. The van der Waals surface area contributed by atoms with Crippen LogP contribution in [-0.2, 0) is 29.0 Å². The van der Waals surface area contributed by atoms with Crippen molar-refractivity contribution < 1.29 is 32.4 Å². The van der Waals surface area contributed by atoms with Crippen LogP contribution in [-0.4, -0.2) is 90.6 Å². The fourth-order valence-corrected chi connectivity index (χ4v) is 8.67. The second kappa shape index (κ2) is 16.2. The number of rotatable bonds is 12. The lowest BCUT2D eigenvalue weighted by Crippen LogP contribution is -2.65. The van der Waals surface area contributed by atoms with Crippen molar-refractivity contribution in [1.29, 1.82) is 0 Å². The molecule has 0 bridgehead atoms. The second-order valence-electron chi connectivity index (χ2n) is 15.9. The molecule has 48 heavy (non-hydrogen) atoms. The minimum absolute atomic E-state index is 0.0331. The number of nitrogens with zero attached hydrogens (tertiary/aromatic N) is 1. The van der Waals surface area contributed by atoms with Crippen LogP contribution in [0.15, 0.2) is 12.7 Å². The molecule has 3 fully saturated rings. The van der Waals surface area contributed by atoms with Gasteiger partial charge in [0.2, 0.25) is 17.6 Å². The van der Waals surface area contributed by atoms with Crippen molar-refractivity contribution in [2.24, 2.45) is 17.3 Å². The van der Waals surface area contributed by atoms with Gasteiger partial charge in [-0.05, 0) is 70.1 Å². The fraction of sp³-hybridized carbons (Fsp3) is 0.800. The van der Waals surface area contributed by atoms with Gasteiger partial charge in [0.05, 0.1) is 22.6 Å². The standard InChI is InChI=1S/C35H59N5O7S/c1-8-19-36-30(43)27(41)21-37-29(42)26-20-34(6,7)24(2)22-40(26)31(44)28(25-15-11-9-12-16-25)38-32(45)39-35(17-13-10-14-18-35)23-48(46,47)33(3,4)5/h8,24-26,28H,1,9-23H2,2-7H3,(H,36,43)(H,37,42)(H2,38,39,45)/t24?,26?,28-/m0/s1. The van der Waals surface area contributed by atoms with Gasteiger partial charge in [-0.1, -0.05) is 65.4 Å². The summed E-state index contributed by atoms with van der Waals surface area (Å²) in [6, 6.07) is -2.40. The average Bonchev–Trinajstić information content (AvgIpc) is 3.01. The van der Waals surface area contributed by atoms with E-state index in [1.807, 2.05) is 20.8 Å². The van der Waals surface area contributed by atoms with Crippen LogP contribution in [0.5, 0.6) is 0 Å². The van der Waals surface area contributed by atoms with Crippen molar-refractivity contribution in [3.8, 4) is 0 Å². The highest BCUT2D eigenvalue weighted by molar-refractivity contribution is 7.92. The molecule has 0 aromatic carbocycles. The molecule has 2 unspecified atom stereocenters.